The molecule has 29 heavy (non-hydrogen) atoms. The van der Waals surface area contributed by atoms with Crippen molar-refractivity contribution in [1.82, 2.24) is 0 Å². The Morgan fingerprint density at radius 2 is 1.79 bits per heavy atom. The van der Waals surface area contributed by atoms with Crippen LogP contribution >= 0.6 is 0 Å². The second-order valence-corrected chi connectivity index (χ2v) is 8.70. The van der Waals surface area contributed by atoms with Crippen molar-refractivity contribution in [2.75, 3.05) is 11.1 Å². The monoisotopic (exact) mass is 429 g/mol. The van der Waals surface area contributed by atoms with Crippen molar-refractivity contribution in [2.24, 2.45) is 0 Å². The number of amides is 1. The van der Waals surface area contributed by atoms with E-state index in [9.17, 15) is 31.5 Å². The van der Waals surface area contributed by atoms with Crippen molar-refractivity contribution in [2.45, 2.75) is 43.7 Å². The van der Waals surface area contributed by atoms with Crippen LogP contribution in [0.25, 0.3) is 0 Å². The molecule has 0 aromatic heterocycles. The van der Waals surface area contributed by atoms with Crippen LogP contribution < -0.4 is 5.32 Å². The van der Waals surface area contributed by atoms with E-state index >= 15 is 0 Å². The molecule has 2 aromatic carbocycles. The molecule has 0 saturated carbocycles. The lowest BCUT2D eigenvalue weighted by atomic mass is 10.1. The molecule has 9 heteroatoms. The van der Waals surface area contributed by atoms with Crippen molar-refractivity contribution < 1.29 is 31.5 Å². The van der Waals surface area contributed by atoms with Gasteiger partial charge in [-0.1, -0.05) is 32.3 Å². The van der Waals surface area contributed by atoms with Gasteiger partial charge in [-0.25, -0.2) is 8.42 Å². The highest BCUT2D eigenvalue weighted by Crippen LogP contribution is 2.31. The van der Waals surface area contributed by atoms with Crippen molar-refractivity contribution in [3.63, 3.8) is 0 Å². The Morgan fingerprint density at radius 3 is 2.45 bits per heavy atom. The van der Waals surface area contributed by atoms with E-state index in [4.69, 9.17) is 0 Å². The third-order valence-corrected chi connectivity index (χ3v) is 6.08. The van der Waals surface area contributed by atoms with Crippen molar-refractivity contribution >= 4 is 21.4 Å². The second kappa shape index (κ2) is 9.30. The number of carbonyl (C=O) groups excluding carboxylic acids is 1. The van der Waals surface area contributed by atoms with E-state index in [2.05, 4.69) is 5.32 Å². The minimum absolute atomic E-state index is 0.0908. The van der Waals surface area contributed by atoms with Crippen LogP contribution in [-0.2, 0) is 16.0 Å². The fraction of sp³-hybridized carbons (Fsp3) is 0.350. The van der Waals surface area contributed by atoms with Gasteiger partial charge < -0.3 is 10.4 Å². The van der Waals surface area contributed by atoms with Gasteiger partial charge in [0.15, 0.2) is 9.84 Å². The second-order valence-electron chi connectivity index (χ2n) is 6.59. The Morgan fingerprint density at radius 1 is 1.07 bits per heavy atom. The first-order chi connectivity index (χ1) is 13.5. The van der Waals surface area contributed by atoms with Gasteiger partial charge in [-0.05, 0) is 42.8 Å². The third-order valence-electron chi connectivity index (χ3n) is 4.29. The van der Waals surface area contributed by atoms with E-state index in [0.29, 0.717) is 6.42 Å². The molecule has 0 aliphatic carbocycles. The summed E-state index contributed by atoms with van der Waals surface area (Å²) in [5.41, 5.74) is -1.41. The van der Waals surface area contributed by atoms with Crippen LogP contribution in [0.4, 0.5) is 18.9 Å². The highest BCUT2D eigenvalue weighted by atomic mass is 32.2. The zero-order chi connectivity index (χ0) is 21.7. The number of nitrogens with one attached hydrogen (secondary N) is 1. The number of unbranched alkanes of at least 4 members (excludes halogenated alkanes) is 3. The predicted molar refractivity (Wildman–Crippen MR) is 104 cm³/mol. The SMILES string of the molecule is CCCCCCS(=O)(=O)c1ccc(O)c(C(=O)Nc2cccc(C(F)(F)F)c2)c1. The maximum absolute atomic E-state index is 12.8. The fourth-order valence-corrected chi connectivity index (χ4v) is 4.09. The number of anilines is 1. The predicted octanol–water partition coefficient (Wildman–Crippen LogP) is 5.02. The lowest BCUT2D eigenvalue weighted by molar-refractivity contribution is -0.137. The number of hydrogen-bond donors (Lipinski definition) is 2. The van der Waals surface area contributed by atoms with Crippen molar-refractivity contribution in [3.05, 3.63) is 53.6 Å². The summed E-state index contributed by atoms with van der Waals surface area (Å²) in [5.74, 6) is -1.48. The molecule has 158 valence electrons. The molecular weight excluding hydrogens is 407 g/mol. The number of sulfone groups is 1. The van der Waals surface area contributed by atoms with Gasteiger partial charge in [0.05, 0.1) is 21.8 Å². The molecule has 0 aliphatic rings. The zero-order valence-corrected chi connectivity index (χ0v) is 16.6. The van der Waals surface area contributed by atoms with Crippen LogP contribution in [-0.4, -0.2) is 25.2 Å². The molecule has 0 aliphatic heterocycles. The molecular formula is C20H22F3NO4S. The maximum Gasteiger partial charge on any atom is 0.416 e. The van der Waals surface area contributed by atoms with Crippen LogP contribution in [0.2, 0.25) is 0 Å². The number of rotatable bonds is 8. The molecule has 0 atom stereocenters. The van der Waals surface area contributed by atoms with Gasteiger partial charge in [0.1, 0.15) is 5.75 Å². The minimum Gasteiger partial charge on any atom is -0.507 e. The molecule has 2 N–H and O–H groups in total. The Labute approximate surface area is 167 Å². The molecule has 2 aromatic rings. The molecule has 0 spiro atoms. The van der Waals surface area contributed by atoms with E-state index in [1.807, 2.05) is 6.92 Å². The third kappa shape index (κ3) is 6.22. The van der Waals surface area contributed by atoms with Gasteiger partial charge >= 0.3 is 6.18 Å². The molecule has 0 saturated heterocycles. The summed E-state index contributed by atoms with van der Waals surface area (Å²) >= 11 is 0. The largest absolute Gasteiger partial charge is 0.507 e. The number of alkyl halides is 3. The molecule has 2 rings (SSSR count). The minimum atomic E-state index is -4.57. The molecule has 0 unspecified atom stereocenters. The van der Waals surface area contributed by atoms with E-state index in [0.717, 1.165) is 49.6 Å². The van der Waals surface area contributed by atoms with E-state index in [-0.39, 0.29) is 21.9 Å². The molecule has 1 amide bonds. The number of carbonyl (C=O) groups is 1. The normalized spacial score (nSPS) is 12.0. The van der Waals surface area contributed by atoms with Crippen LogP contribution in [0.3, 0.4) is 0 Å². The summed E-state index contributed by atoms with van der Waals surface area (Å²) in [7, 11) is -3.65. The molecule has 5 nitrogen and oxygen atoms in total. The van der Waals surface area contributed by atoms with Gasteiger partial charge in [-0.3, -0.25) is 4.79 Å². The standard InChI is InChI=1S/C20H22F3NO4S/c1-2-3-4-5-11-29(27,28)16-9-10-18(25)17(13-16)19(26)24-15-8-6-7-14(12-15)20(21,22)23/h6-10,12-13,25H,2-5,11H2,1H3,(H,24,26). The molecule has 0 heterocycles. The number of phenolic OH excluding ortho intramolecular Hbond substituents is 1. The fourth-order valence-electron chi connectivity index (χ4n) is 2.70. The lowest BCUT2D eigenvalue weighted by Gasteiger charge is -2.11. The summed E-state index contributed by atoms with van der Waals surface area (Å²) in [4.78, 5) is 12.3. The summed E-state index contributed by atoms with van der Waals surface area (Å²) in [6, 6.07) is 7.33. The van der Waals surface area contributed by atoms with E-state index in [1.165, 1.54) is 12.1 Å². The van der Waals surface area contributed by atoms with Gasteiger partial charge in [0.25, 0.3) is 5.91 Å². The maximum atomic E-state index is 12.8. The quantitative estimate of drug-likeness (QED) is 0.578. The Hall–Kier alpha value is -2.55. The highest BCUT2D eigenvalue weighted by Gasteiger charge is 2.30. The van der Waals surface area contributed by atoms with Gasteiger partial charge in [0, 0.05) is 5.69 Å². The number of benzene rings is 2. The summed E-state index contributed by atoms with van der Waals surface area (Å²) in [6.45, 7) is 2.00. The number of halogens is 3. The Kier molecular flexibility index (Phi) is 7.29. The van der Waals surface area contributed by atoms with Gasteiger partial charge in [-0.2, -0.15) is 13.2 Å². The summed E-state index contributed by atoms with van der Waals surface area (Å²) < 4.78 is 63.3. The highest BCUT2D eigenvalue weighted by molar-refractivity contribution is 7.91. The van der Waals surface area contributed by atoms with Crippen LogP contribution in [0, 0.1) is 0 Å². The molecule has 0 bridgehead atoms. The lowest BCUT2D eigenvalue weighted by Crippen LogP contribution is -2.15. The van der Waals surface area contributed by atoms with Crippen LogP contribution in [0.1, 0.15) is 48.5 Å². The first-order valence-electron chi connectivity index (χ1n) is 9.09. The number of hydrogen-bond acceptors (Lipinski definition) is 4. The topological polar surface area (TPSA) is 83.5 Å². The first kappa shape index (κ1) is 22.7. The molecule has 0 radical (unpaired) electrons. The smallest absolute Gasteiger partial charge is 0.416 e. The number of phenols is 1. The summed E-state index contributed by atoms with van der Waals surface area (Å²) in [6.07, 6.45) is -1.47. The average molecular weight is 429 g/mol. The van der Waals surface area contributed by atoms with Crippen LogP contribution in [0.15, 0.2) is 47.4 Å². The Balaban J connectivity index is 2.22. The van der Waals surface area contributed by atoms with Crippen molar-refractivity contribution in [1.29, 1.82) is 0 Å². The Bertz CT molecular complexity index is 972. The summed E-state index contributed by atoms with van der Waals surface area (Å²) in [5, 5.41) is 12.2. The average Bonchev–Trinajstić information content (AvgIpc) is 2.65. The van der Waals surface area contributed by atoms with Gasteiger partial charge in [0.2, 0.25) is 0 Å². The molecule has 0 fully saturated rings. The van der Waals surface area contributed by atoms with Crippen LogP contribution in [0.5, 0.6) is 5.75 Å². The zero-order valence-electron chi connectivity index (χ0n) is 15.8. The van der Waals surface area contributed by atoms with Gasteiger partial charge in [-0.15, -0.1) is 0 Å². The van der Waals surface area contributed by atoms with E-state index < -0.39 is 33.2 Å². The number of aromatic hydroxyl groups is 1. The van der Waals surface area contributed by atoms with Crippen molar-refractivity contribution in [3.8, 4) is 5.75 Å². The first-order valence-corrected chi connectivity index (χ1v) is 10.7. The van der Waals surface area contributed by atoms with E-state index in [1.54, 1.807) is 0 Å².